The molecule has 0 aromatic heterocycles. The summed E-state index contributed by atoms with van der Waals surface area (Å²) >= 11 is 3.26. The second-order valence-corrected chi connectivity index (χ2v) is 4.32. The van der Waals surface area contributed by atoms with Crippen molar-refractivity contribution in [3.8, 4) is 17.2 Å². The Morgan fingerprint density at radius 1 is 1.16 bits per heavy atom. The Morgan fingerprint density at radius 3 is 2.16 bits per heavy atom. The second-order valence-electron chi connectivity index (χ2n) is 3.47. The standard InChI is InChI=1S/C12H15BrO6/c1-16-7-5-6(13)8(9(14)12(15)19-4)11(18-3)10(7)17-2/h5,9,14H,1-4H3. The minimum absolute atomic E-state index is 0.201. The molecule has 0 aliphatic carbocycles. The molecule has 0 spiro atoms. The van der Waals surface area contributed by atoms with E-state index in [-0.39, 0.29) is 17.1 Å². The zero-order valence-corrected chi connectivity index (χ0v) is 12.6. The number of aliphatic hydroxyl groups is 1. The van der Waals surface area contributed by atoms with E-state index in [2.05, 4.69) is 20.7 Å². The topological polar surface area (TPSA) is 74.2 Å². The Kier molecular flexibility index (Phi) is 5.44. The van der Waals surface area contributed by atoms with E-state index < -0.39 is 12.1 Å². The number of ether oxygens (including phenoxy) is 4. The van der Waals surface area contributed by atoms with Crippen molar-refractivity contribution in [3.63, 3.8) is 0 Å². The normalized spacial score (nSPS) is 11.7. The van der Waals surface area contributed by atoms with E-state index in [1.165, 1.54) is 28.4 Å². The van der Waals surface area contributed by atoms with Crippen LogP contribution in [-0.4, -0.2) is 39.5 Å². The van der Waals surface area contributed by atoms with Gasteiger partial charge in [0.2, 0.25) is 5.75 Å². The summed E-state index contributed by atoms with van der Waals surface area (Å²) in [6.07, 6.45) is -1.49. The lowest BCUT2D eigenvalue weighted by molar-refractivity contribution is -0.150. The molecule has 6 nitrogen and oxygen atoms in total. The lowest BCUT2D eigenvalue weighted by atomic mass is 10.1. The van der Waals surface area contributed by atoms with Crippen molar-refractivity contribution in [1.82, 2.24) is 0 Å². The van der Waals surface area contributed by atoms with Crippen LogP contribution in [-0.2, 0) is 9.53 Å². The summed E-state index contributed by atoms with van der Waals surface area (Å²) in [6, 6.07) is 1.57. The highest BCUT2D eigenvalue weighted by atomic mass is 79.9. The predicted molar refractivity (Wildman–Crippen MR) is 70.8 cm³/mol. The Labute approximate surface area is 119 Å². The molecule has 0 bridgehead atoms. The molecular formula is C12H15BrO6. The van der Waals surface area contributed by atoms with Gasteiger partial charge in [0.25, 0.3) is 0 Å². The average molecular weight is 335 g/mol. The van der Waals surface area contributed by atoms with Crippen molar-refractivity contribution in [2.45, 2.75) is 6.10 Å². The fourth-order valence-electron chi connectivity index (χ4n) is 1.63. The minimum atomic E-state index is -1.49. The van der Waals surface area contributed by atoms with Gasteiger partial charge >= 0.3 is 5.97 Å². The first kappa shape index (κ1) is 15.6. The van der Waals surface area contributed by atoms with Crippen molar-refractivity contribution in [3.05, 3.63) is 16.1 Å². The molecular weight excluding hydrogens is 320 g/mol. The number of carbonyl (C=O) groups excluding carboxylic acids is 1. The maximum Gasteiger partial charge on any atom is 0.339 e. The van der Waals surface area contributed by atoms with Crippen molar-refractivity contribution < 1.29 is 28.8 Å². The number of hydrogen-bond acceptors (Lipinski definition) is 6. The first-order valence-corrected chi connectivity index (χ1v) is 6.05. The number of benzene rings is 1. The fourth-order valence-corrected chi connectivity index (χ4v) is 2.24. The van der Waals surface area contributed by atoms with Crippen LogP contribution in [0.5, 0.6) is 17.2 Å². The molecule has 19 heavy (non-hydrogen) atoms. The number of aliphatic hydroxyl groups excluding tert-OH is 1. The molecule has 1 N–H and O–H groups in total. The van der Waals surface area contributed by atoms with Gasteiger partial charge in [-0.2, -0.15) is 0 Å². The monoisotopic (exact) mass is 334 g/mol. The number of hydrogen-bond donors (Lipinski definition) is 1. The molecule has 0 aliphatic heterocycles. The molecule has 0 amide bonds. The molecule has 106 valence electrons. The Hall–Kier alpha value is -1.47. The van der Waals surface area contributed by atoms with Gasteiger partial charge in [0.05, 0.1) is 34.0 Å². The third-order valence-corrected chi connectivity index (χ3v) is 3.17. The van der Waals surface area contributed by atoms with Crippen LogP contribution >= 0.6 is 15.9 Å². The Morgan fingerprint density at radius 2 is 1.74 bits per heavy atom. The molecule has 1 aromatic rings. The maximum atomic E-state index is 11.5. The number of esters is 1. The van der Waals surface area contributed by atoms with E-state index in [1.807, 2.05) is 0 Å². The highest BCUT2D eigenvalue weighted by Gasteiger charge is 2.29. The first-order chi connectivity index (χ1) is 9.01. The molecule has 1 unspecified atom stereocenters. The predicted octanol–water partition coefficient (Wildman–Crippen LogP) is 1.68. The third-order valence-electron chi connectivity index (χ3n) is 2.52. The van der Waals surface area contributed by atoms with Gasteiger partial charge in [0, 0.05) is 4.47 Å². The van der Waals surface area contributed by atoms with Crippen molar-refractivity contribution >= 4 is 21.9 Å². The van der Waals surface area contributed by atoms with E-state index >= 15 is 0 Å². The highest BCUT2D eigenvalue weighted by Crippen LogP contribution is 2.46. The molecule has 1 atom stereocenters. The maximum absolute atomic E-state index is 11.5. The van der Waals surface area contributed by atoms with Gasteiger partial charge < -0.3 is 24.1 Å². The van der Waals surface area contributed by atoms with Crippen LogP contribution in [0.1, 0.15) is 11.7 Å². The molecule has 0 saturated heterocycles. The first-order valence-electron chi connectivity index (χ1n) is 5.26. The summed E-state index contributed by atoms with van der Waals surface area (Å²) in [5.74, 6) is 0.0936. The van der Waals surface area contributed by atoms with Crippen LogP contribution in [0.15, 0.2) is 10.5 Å². The van der Waals surface area contributed by atoms with Crippen LogP contribution in [0, 0.1) is 0 Å². The van der Waals surface area contributed by atoms with Crippen LogP contribution in [0.25, 0.3) is 0 Å². The summed E-state index contributed by atoms with van der Waals surface area (Å²) in [7, 11) is 5.49. The van der Waals surface area contributed by atoms with Crippen LogP contribution in [0.4, 0.5) is 0 Å². The van der Waals surface area contributed by atoms with Gasteiger partial charge in [0.1, 0.15) is 0 Å². The summed E-state index contributed by atoms with van der Waals surface area (Å²) in [6.45, 7) is 0. The smallest absolute Gasteiger partial charge is 0.339 e. The van der Waals surface area contributed by atoms with Gasteiger partial charge in [-0.15, -0.1) is 0 Å². The summed E-state index contributed by atoms with van der Waals surface area (Å²) in [5.41, 5.74) is 0.215. The van der Waals surface area contributed by atoms with Gasteiger partial charge in [-0.05, 0) is 6.07 Å². The van der Waals surface area contributed by atoms with Gasteiger partial charge in [-0.3, -0.25) is 0 Å². The lowest BCUT2D eigenvalue weighted by Gasteiger charge is -2.19. The highest BCUT2D eigenvalue weighted by molar-refractivity contribution is 9.10. The minimum Gasteiger partial charge on any atom is -0.493 e. The molecule has 0 radical (unpaired) electrons. The fraction of sp³-hybridized carbons (Fsp3) is 0.417. The van der Waals surface area contributed by atoms with E-state index in [0.717, 1.165) is 0 Å². The molecule has 0 heterocycles. The molecule has 0 saturated carbocycles. The van der Waals surface area contributed by atoms with Gasteiger partial charge in [-0.25, -0.2) is 4.79 Å². The third kappa shape index (κ3) is 2.93. The summed E-state index contributed by atoms with van der Waals surface area (Å²) in [5, 5.41) is 9.98. The van der Waals surface area contributed by atoms with Crippen molar-refractivity contribution in [2.24, 2.45) is 0 Å². The molecule has 1 aromatic carbocycles. The van der Waals surface area contributed by atoms with E-state index in [9.17, 15) is 9.90 Å². The number of halogens is 1. The van der Waals surface area contributed by atoms with E-state index in [0.29, 0.717) is 10.2 Å². The van der Waals surface area contributed by atoms with Crippen LogP contribution in [0.2, 0.25) is 0 Å². The SMILES string of the molecule is COC(=O)C(O)c1c(Br)cc(OC)c(OC)c1OC. The number of methoxy groups -OCH3 is 4. The molecule has 0 aliphatic rings. The van der Waals surface area contributed by atoms with Crippen LogP contribution < -0.4 is 14.2 Å². The summed E-state index contributed by atoms with van der Waals surface area (Å²) in [4.78, 5) is 11.5. The number of rotatable bonds is 5. The van der Waals surface area contributed by atoms with E-state index in [1.54, 1.807) is 6.07 Å². The largest absolute Gasteiger partial charge is 0.493 e. The van der Waals surface area contributed by atoms with Crippen molar-refractivity contribution in [2.75, 3.05) is 28.4 Å². The molecule has 1 rings (SSSR count). The zero-order valence-electron chi connectivity index (χ0n) is 11.0. The second kappa shape index (κ2) is 6.63. The molecule has 7 heteroatoms. The number of carbonyl (C=O) groups is 1. The lowest BCUT2D eigenvalue weighted by Crippen LogP contribution is -2.15. The van der Waals surface area contributed by atoms with Gasteiger partial charge in [0.15, 0.2) is 17.6 Å². The van der Waals surface area contributed by atoms with Crippen molar-refractivity contribution in [1.29, 1.82) is 0 Å². The Balaban J connectivity index is 3.50. The van der Waals surface area contributed by atoms with Crippen LogP contribution in [0.3, 0.4) is 0 Å². The Bertz CT molecular complexity index is 474. The quantitative estimate of drug-likeness (QED) is 0.826. The average Bonchev–Trinajstić information content (AvgIpc) is 2.43. The van der Waals surface area contributed by atoms with Gasteiger partial charge in [-0.1, -0.05) is 15.9 Å². The zero-order chi connectivity index (χ0) is 14.6. The summed E-state index contributed by atoms with van der Waals surface area (Å²) < 4.78 is 20.5. The molecule has 0 fully saturated rings. The van der Waals surface area contributed by atoms with E-state index in [4.69, 9.17) is 14.2 Å².